The van der Waals surface area contributed by atoms with Gasteiger partial charge in [0.2, 0.25) is 5.91 Å². The fourth-order valence-corrected chi connectivity index (χ4v) is 4.04. The molecule has 3 rings (SSSR count). The van der Waals surface area contributed by atoms with E-state index in [1.165, 1.54) is 17.3 Å². The Balaban J connectivity index is 1.60. The van der Waals surface area contributed by atoms with Crippen molar-refractivity contribution in [3.63, 3.8) is 0 Å². The summed E-state index contributed by atoms with van der Waals surface area (Å²) in [4.78, 5) is 25.3. The number of anilines is 1. The average molecular weight is 405 g/mol. The van der Waals surface area contributed by atoms with E-state index in [2.05, 4.69) is 29.0 Å². The standard InChI is InChI=1S/C20H25ClN4OS/c1-15-8-10-25(11-9-15)19(26)14-27-20-22-17(21)12-18(23-20)24(2)13-16-6-4-3-5-7-16/h3-7,12,15H,8-11,13-14H2,1-2H3. The van der Waals surface area contributed by atoms with E-state index < -0.39 is 0 Å². The van der Waals surface area contributed by atoms with Crippen LogP contribution in [0, 0.1) is 5.92 Å². The highest BCUT2D eigenvalue weighted by molar-refractivity contribution is 7.99. The third kappa shape index (κ3) is 5.84. The summed E-state index contributed by atoms with van der Waals surface area (Å²) in [5, 5.41) is 0.929. The number of carbonyl (C=O) groups excluding carboxylic acids is 1. The van der Waals surface area contributed by atoms with Crippen molar-refractivity contribution >= 4 is 35.1 Å². The first-order valence-corrected chi connectivity index (χ1v) is 10.6. The highest BCUT2D eigenvalue weighted by Crippen LogP contribution is 2.23. The lowest BCUT2D eigenvalue weighted by molar-refractivity contribution is -0.129. The molecule has 7 heteroatoms. The Morgan fingerprint density at radius 1 is 1.26 bits per heavy atom. The Morgan fingerprint density at radius 2 is 1.96 bits per heavy atom. The Bertz CT molecular complexity index is 766. The van der Waals surface area contributed by atoms with E-state index >= 15 is 0 Å². The Labute approximate surface area is 170 Å². The summed E-state index contributed by atoms with van der Waals surface area (Å²) in [5.74, 6) is 1.95. The van der Waals surface area contributed by atoms with E-state index in [0.29, 0.717) is 22.0 Å². The number of halogens is 1. The van der Waals surface area contributed by atoms with Crippen LogP contribution < -0.4 is 4.90 Å². The van der Waals surface area contributed by atoms with Crippen molar-refractivity contribution in [3.05, 3.63) is 47.1 Å². The lowest BCUT2D eigenvalue weighted by Crippen LogP contribution is -2.38. The number of amides is 1. The van der Waals surface area contributed by atoms with Gasteiger partial charge in [0.05, 0.1) is 5.75 Å². The molecule has 0 N–H and O–H groups in total. The maximum absolute atomic E-state index is 12.4. The highest BCUT2D eigenvalue weighted by atomic mass is 35.5. The Kier molecular flexibility index (Phi) is 6.96. The first-order chi connectivity index (χ1) is 13.0. The minimum atomic E-state index is 0.148. The van der Waals surface area contributed by atoms with Gasteiger partial charge in [-0.05, 0) is 24.3 Å². The summed E-state index contributed by atoms with van der Waals surface area (Å²) in [6, 6.07) is 11.9. The molecule has 1 aromatic carbocycles. The molecule has 0 bridgehead atoms. The molecule has 0 saturated carbocycles. The van der Waals surface area contributed by atoms with Gasteiger partial charge in [0.1, 0.15) is 11.0 Å². The Hall–Kier alpha value is -1.79. The number of piperidine rings is 1. The third-order valence-electron chi connectivity index (χ3n) is 4.78. The molecule has 1 saturated heterocycles. The van der Waals surface area contributed by atoms with Crippen LogP contribution >= 0.6 is 23.4 Å². The van der Waals surface area contributed by atoms with Crippen LogP contribution in [0.25, 0.3) is 0 Å². The minimum absolute atomic E-state index is 0.148. The molecule has 2 heterocycles. The molecular weight excluding hydrogens is 380 g/mol. The Morgan fingerprint density at radius 3 is 2.67 bits per heavy atom. The number of thioether (sulfide) groups is 1. The van der Waals surface area contributed by atoms with Crippen molar-refractivity contribution in [2.45, 2.75) is 31.5 Å². The van der Waals surface area contributed by atoms with Crippen molar-refractivity contribution in [1.82, 2.24) is 14.9 Å². The molecule has 1 aromatic heterocycles. The zero-order valence-corrected chi connectivity index (χ0v) is 17.3. The van der Waals surface area contributed by atoms with Crippen molar-refractivity contribution in [2.24, 2.45) is 5.92 Å². The van der Waals surface area contributed by atoms with Gasteiger partial charge >= 0.3 is 0 Å². The molecule has 1 aliphatic heterocycles. The van der Waals surface area contributed by atoms with Crippen LogP contribution in [0.1, 0.15) is 25.3 Å². The van der Waals surface area contributed by atoms with Crippen LogP contribution in [-0.4, -0.2) is 46.7 Å². The monoisotopic (exact) mass is 404 g/mol. The molecule has 0 aliphatic carbocycles. The predicted molar refractivity (Wildman–Crippen MR) is 111 cm³/mol. The number of hydrogen-bond acceptors (Lipinski definition) is 5. The van der Waals surface area contributed by atoms with Crippen LogP contribution in [0.3, 0.4) is 0 Å². The number of benzene rings is 1. The van der Waals surface area contributed by atoms with E-state index in [9.17, 15) is 4.79 Å². The second kappa shape index (κ2) is 9.42. The normalized spacial score (nSPS) is 15.0. The van der Waals surface area contributed by atoms with Gasteiger partial charge in [-0.1, -0.05) is 60.6 Å². The zero-order chi connectivity index (χ0) is 19.2. The number of carbonyl (C=O) groups is 1. The van der Waals surface area contributed by atoms with E-state index in [-0.39, 0.29) is 5.91 Å². The van der Waals surface area contributed by atoms with Crippen molar-refractivity contribution in [3.8, 4) is 0 Å². The molecule has 0 radical (unpaired) electrons. The first-order valence-electron chi connectivity index (χ1n) is 9.21. The predicted octanol–water partition coefficient (Wildman–Crippen LogP) is 4.12. The van der Waals surface area contributed by atoms with Gasteiger partial charge in [-0.2, -0.15) is 0 Å². The third-order valence-corrected chi connectivity index (χ3v) is 5.80. The summed E-state index contributed by atoms with van der Waals surface area (Å²) in [7, 11) is 1.97. The smallest absolute Gasteiger partial charge is 0.233 e. The second-order valence-electron chi connectivity index (χ2n) is 7.03. The summed E-state index contributed by atoms with van der Waals surface area (Å²) in [5.41, 5.74) is 1.19. The summed E-state index contributed by atoms with van der Waals surface area (Å²) in [6.07, 6.45) is 2.16. The van der Waals surface area contributed by atoms with Gasteiger partial charge in [-0.15, -0.1) is 0 Å². The molecule has 0 unspecified atom stereocenters. The van der Waals surface area contributed by atoms with E-state index in [1.807, 2.05) is 35.0 Å². The summed E-state index contributed by atoms with van der Waals surface area (Å²) < 4.78 is 0. The van der Waals surface area contributed by atoms with E-state index in [1.54, 1.807) is 6.07 Å². The maximum Gasteiger partial charge on any atom is 0.233 e. The van der Waals surface area contributed by atoms with Gasteiger partial charge in [-0.3, -0.25) is 4.79 Å². The van der Waals surface area contributed by atoms with Crippen LogP contribution in [0.2, 0.25) is 5.15 Å². The molecule has 0 spiro atoms. The van der Waals surface area contributed by atoms with Gasteiger partial charge in [0.25, 0.3) is 0 Å². The fraction of sp³-hybridized carbons (Fsp3) is 0.450. The van der Waals surface area contributed by atoms with Crippen LogP contribution in [0.5, 0.6) is 0 Å². The number of hydrogen-bond donors (Lipinski definition) is 0. The topological polar surface area (TPSA) is 49.3 Å². The van der Waals surface area contributed by atoms with Gasteiger partial charge in [-0.25, -0.2) is 9.97 Å². The lowest BCUT2D eigenvalue weighted by Gasteiger charge is -2.30. The molecule has 5 nitrogen and oxygen atoms in total. The summed E-state index contributed by atoms with van der Waals surface area (Å²) in [6.45, 7) is 4.66. The molecule has 0 atom stereocenters. The fourth-order valence-electron chi connectivity index (χ4n) is 3.06. The zero-order valence-electron chi connectivity index (χ0n) is 15.8. The van der Waals surface area contributed by atoms with E-state index in [0.717, 1.165) is 38.3 Å². The molecule has 1 aliphatic rings. The van der Waals surface area contributed by atoms with Crippen LogP contribution in [0.15, 0.2) is 41.6 Å². The van der Waals surface area contributed by atoms with Crippen molar-refractivity contribution < 1.29 is 4.79 Å². The molecule has 1 amide bonds. The molecule has 144 valence electrons. The van der Waals surface area contributed by atoms with Gasteiger partial charge in [0.15, 0.2) is 5.16 Å². The molecule has 2 aromatic rings. The number of likely N-dealkylation sites (tertiary alicyclic amines) is 1. The lowest BCUT2D eigenvalue weighted by atomic mass is 9.99. The SMILES string of the molecule is CC1CCN(C(=O)CSc2nc(Cl)cc(N(C)Cc3ccccc3)n2)CC1. The highest BCUT2D eigenvalue weighted by Gasteiger charge is 2.20. The van der Waals surface area contributed by atoms with Gasteiger partial charge < -0.3 is 9.80 Å². The number of rotatable bonds is 6. The average Bonchev–Trinajstić information content (AvgIpc) is 2.67. The maximum atomic E-state index is 12.4. The van der Waals surface area contributed by atoms with Crippen LogP contribution in [0.4, 0.5) is 5.82 Å². The summed E-state index contributed by atoms with van der Waals surface area (Å²) >= 11 is 7.54. The minimum Gasteiger partial charge on any atom is -0.355 e. The first kappa shape index (κ1) is 20.0. The quantitative estimate of drug-likeness (QED) is 0.412. The van der Waals surface area contributed by atoms with Gasteiger partial charge in [0, 0.05) is 32.7 Å². The second-order valence-corrected chi connectivity index (χ2v) is 8.35. The van der Waals surface area contributed by atoms with Crippen molar-refractivity contribution in [2.75, 3.05) is 30.8 Å². The number of aromatic nitrogens is 2. The van der Waals surface area contributed by atoms with Crippen molar-refractivity contribution in [1.29, 1.82) is 0 Å². The molecule has 27 heavy (non-hydrogen) atoms. The number of nitrogens with zero attached hydrogens (tertiary/aromatic N) is 4. The molecular formula is C20H25ClN4OS. The van der Waals surface area contributed by atoms with Crippen LogP contribution in [-0.2, 0) is 11.3 Å². The largest absolute Gasteiger partial charge is 0.355 e. The molecule has 1 fully saturated rings. The van der Waals surface area contributed by atoms with E-state index in [4.69, 9.17) is 11.6 Å².